The smallest absolute Gasteiger partial charge is 0.162 e. The van der Waals surface area contributed by atoms with Crippen molar-refractivity contribution in [3.8, 4) is 5.75 Å². The normalized spacial score (nSPS) is 18.3. The number of hydrogen-bond donors (Lipinski definition) is 1. The topological polar surface area (TPSA) is 47.6 Å². The Morgan fingerprint density at radius 3 is 3.00 bits per heavy atom. The summed E-state index contributed by atoms with van der Waals surface area (Å²) in [6.07, 6.45) is 3.50. The van der Waals surface area contributed by atoms with Crippen LogP contribution in [0.15, 0.2) is 16.6 Å². The molecule has 0 aliphatic carbocycles. The SMILES string of the molecule is O=C(COC1CCNCC1)Cc1cc(Br)cc2c1OCC2. The minimum absolute atomic E-state index is 0.115. The molecule has 21 heavy (non-hydrogen) atoms. The summed E-state index contributed by atoms with van der Waals surface area (Å²) in [7, 11) is 0. The molecule has 5 heteroatoms. The number of benzene rings is 1. The first-order valence-electron chi connectivity index (χ1n) is 7.50. The third kappa shape index (κ3) is 3.84. The first kappa shape index (κ1) is 15.0. The predicted molar refractivity (Wildman–Crippen MR) is 83.9 cm³/mol. The van der Waals surface area contributed by atoms with Gasteiger partial charge >= 0.3 is 0 Å². The van der Waals surface area contributed by atoms with Crippen LogP contribution in [0.1, 0.15) is 24.0 Å². The lowest BCUT2D eigenvalue weighted by atomic mass is 10.0. The lowest BCUT2D eigenvalue weighted by Crippen LogP contribution is -2.33. The second-order valence-electron chi connectivity index (χ2n) is 5.63. The van der Waals surface area contributed by atoms with Gasteiger partial charge < -0.3 is 14.8 Å². The molecule has 1 aromatic rings. The number of fused-ring (bicyclic) bond motifs is 1. The summed E-state index contributed by atoms with van der Waals surface area (Å²) in [5, 5.41) is 3.29. The van der Waals surface area contributed by atoms with Crippen molar-refractivity contribution in [2.75, 3.05) is 26.3 Å². The van der Waals surface area contributed by atoms with Crippen molar-refractivity contribution in [2.24, 2.45) is 0 Å². The van der Waals surface area contributed by atoms with Crippen LogP contribution in [-0.4, -0.2) is 38.2 Å². The zero-order valence-corrected chi connectivity index (χ0v) is 13.6. The van der Waals surface area contributed by atoms with Gasteiger partial charge in [0.25, 0.3) is 0 Å². The van der Waals surface area contributed by atoms with Gasteiger partial charge in [-0.15, -0.1) is 0 Å². The quantitative estimate of drug-likeness (QED) is 0.881. The minimum atomic E-state index is 0.115. The van der Waals surface area contributed by atoms with Crippen molar-refractivity contribution < 1.29 is 14.3 Å². The number of ether oxygens (including phenoxy) is 2. The molecule has 4 nitrogen and oxygen atoms in total. The van der Waals surface area contributed by atoms with Crippen molar-refractivity contribution in [3.63, 3.8) is 0 Å². The summed E-state index contributed by atoms with van der Waals surface area (Å²) in [5.41, 5.74) is 2.15. The Morgan fingerprint density at radius 2 is 2.19 bits per heavy atom. The molecule has 2 aliphatic heterocycles. The molecule has 0 atom stereocenters. The standard InChI is InChI=1S/C16H20BrNO3/c17-13-7-11-3-6-20-16(11)12(8-13)9-14(19)10-21-15-1-4-18-5-2-15/h7-8,15,18H,1-6,9-10H2. The molecule has 3 rings (SSSR count). The number of carbonyl (C=O) groups is 1. The van der Waals surface area contributed by atoms with Crippen LogP contribution in [0.3, 0.4) is 0 Å². The van der Waals surface area contributed by atoms with Crippen LogP contribution in [0.5, 0.6) is 5.75 Å². The van der Waals surface area contributed by atoms with Crippen LogP contribution in [-0.2, 0) is 22.4 Å². The molecule has 1 saturated heterocycles. The fraction of sp³-hybridized carbons (Fsp3) is 0.562. The zero-order valence-electron chi connectivity index (χ0n) is 12.0. The molecular weight excluding hydrogens is 334 g/mol. The lowest BCUT2D eigenvalue weighted by Gasteiger charge is -2.22. The van der Waals surface area contributed by atoms with Crippen LogP contribution in [0, 0.1) is 0 Å². The van der Waals surface area contributed by atoms with Gasteiger partial charge in [0.05, 0.1) is 12.7 Å². The van der Waals surface area contributed by atoms with Crippen LogP contribution in [0.4, 0.5) is 0 Å². The third-order valence-electron chi connectivity index (χ3n) is 3.98. The van der Waals surface area contributed by atoms with E-state index < -0.39 is 0 Å². The van der Waals surface area contributed by atoms with E-state index in [2.05, 4.69) is 27.3 Å². The summed E-state index contributed by atoms with van der Waals surface area (Å²) in [6.45, 7) is 2.86. The highest BCUT2D eigenvalue weighted by molar-refractivity contribution is 9.10. The number of halogens is 1. The average molecular weight is 354 g/mol. The Hall–Kier alpha value is -0.910. The van der Waals surface area contributed by atoms with Gasteiger partial charge in [-0.3, -0.25) is 4.79 Å². The van der Waals surface area contributed by atoms with Gasteiger partial charge in [-0.05, 0) is 43.6 Å². The summed E-state index contributed by atoms with van der Waals surface area (Å²) in [5.74, 6) is 1.01. The first-order valence-corrected chi connectivity index (χ1v) is 8.30. The summed E-state index contributed by atoms with van der Waals surface area (Å²) in [6, 6.07) is 4.05. The van der Waals surface area contributed by atoms with Crippen molar-refractivity contribution in [3.05, 3.63) is 27.7 Å². The maximum Gasteiger partial charge on any atom is 0.162 e. The predicted octanol–water partition coefficient (Wildman–Crippen LogP) is 2.26. The van der Waals surface area contributed by atoms with E-state index in [1.54, 1.807) is 0 Å². The van der Waals surface area contributed by atoms with Crippen molar-refractivity contribution in [1.82, 2.24) is 5.32 Å². The molecule has 0 spiro atoms. The van der Waals surface area contributed by atoms with Crippen molar-refractivity contribution in [2.45, 2.75) is 31.8 Å². The molecule has 0 bridgehead atoms. The number of Topliss-reactive ketones (excluding diaryl/α,β-unsaturated/α-hetero) is 1. The largest absolute Gasteiger partial charge is 0.493 e. The molecule has 0 amide bonds. The third-order valence-corrected chi connectivity index (χ3v) is 4.44. The van der Waals surface area contributed by atoms with Crippen LogP contribution < -0.4 is 10.1 Å². The van der Waals surface area contributed by atoms with E-state index in [9.17, 15) is 4.79 Å². The maximum absolute atomic E-state index is 12.2. The van der Waals surface area contributed by atoms with E-state index in [4.69, 9.17) is 9.47 Å². The molecule has 1 fully saturated rings. The molecule has 0 aromatic heterocycles. The Balaban J connectivity index is 1.57. The van der Waals surface area contributed by atoms with E-state index >= 15 is 0 Å². The molecule has 0 radical (unpaired) electrons. The highest BCUT2D eigenvalue weighted by Crippen LogP contribution is 2.33. The Morgan fingerprint density at radius 1 is 1.38 bits per heavy atom. The number of rotatable bonds is 5. The van der Waals surface area contributed by atoms with Gasteiger partial charge in [0.15, 0.2) is 5.78 Å². The van der Waals surface area contributed by atoms with E-state index in [1.165, 1.54) is 5.56 Å². The van der Waals surface area contributed by atoms with Crippen LogP contribution in [0.25, 0.3) is 0 Å². The Bertz CT molecular complexity index is 526. The molecule has 1 aromatic carbocycles. The minimum Gasteiger partial charge on any atom is -0.493 e. The van der Waals surface area contributed by atoms with Gasteiger partial charge in [-0.2, -0.15) is 0 Å². The van der Waals surface area contributed by atoms with E-state index in [0.717, 1.165) is 48.1 Å². The van der Waals surface area contributed by atoms with Gasteiger partial charge in [-0.1, -0.05) is 15.9 Å². The maximum atomic E-state index is 12.2. The molecule has 114 valence electrons. The van der Waals surface area contributed by atoms with Gasteiger partial charge in [0, 0.05) is 22.9 Å². The number of hydrogen-bond acceptors (Lipinski definition) is 4. The fourth-order valence-electron chi connectivity index (χ4n) is 2.91. The summed E-state index contributed by atoms with van der Waals surface area (Å²) >= 11 is 3.50. The van der Waals surface area contributed by atoms with E-state index in [1.807, 2.05) is 6.07 Å². The number of piperidine rings is 1. The number of ketones is 1. The lowest BCUT2D eigenvalue weighted by molar-refractivity contribution is -0.125. The van der Waals surface area contributed by atoms with Gasteiger partial charge in [0.1, 0.15) is 12.4 Å². The first-order chi connectivity index (χ1) is 10.2. The van der Waals surface area contributed by atoms with Crippen molar-refractivity contribution >= 4 is 21.7 Å². The molecular formula is C16H20BrNO3. The summed E-state index contributed by atoms with van der Waals surface area (Å²) < 4.78 is 12.4. The molecule has 2 aliphatic rings. The molecule has 0 unspecified atom stereocenters. The van der Waals surface area contributed by atoms with Crippen molar-refractivity contribution in [1.29, 1.82) is 0 Å². The fourth-order valence-corrected chi connectivity index (χ4v) is 3.47. The molecule has 2 heterocycles. The Labute approximate surface area is 133 Å². The number of carbonyl (C=O) groups excluding carboxylic acids is 1. The van der Waals surface area contributed by atoms with Crippen LogP contribution in [0.2, 0.25) is 0 Å². The molecule has 0 saturated carbocycles. The highest BCUT2D eigenvalue weighted by Gasteiger charge is 2.20. The monoisotopic (exact) mass is 353 g/mol. The summed E-state index contributed by atoms with van der Waals surface area (Å²) in [4.78, 5) is 12.2. The van der Waals surface area contributed by atoms with E-state index in [-0.39, 0.29) is 18.5 Å². The Kier molecular flexibility index (Phi) is 4.93. The average Bonchev–Trinajstić information content (AvgIpc) is 2.94. The van der Waals surface area contributed by atoms with Gasteiger partial charge in [-0.25, -0.2) is 0 Å². The van der Waals surface area contributed by atoms with E-state index in [0.29, 0.717) is 13.0 Å². The number of nitrogens with one attached hydrogen (secondary N) is 1. The van der Waals surface area contributed by atoms with Crippen LogP contribution >= 0.6 is 15.9 Å². The highest BCUT2D eigenvalue weighted by atomic mass is 79.9. The van der Waals surface area contributed by atoms with Gasteiger partial charge in [0.2, 0.25) is 0 Å². The zero-order chi connectivity index (χ0) is 14.7. The second-order valence-corrected chi connectivity index (χ2v) is 6.54. The molecule has 1 N–H and O–H groups in total. The second kappa shape index (κ2) is 6.90.